The molecule has 2 aromatic rings. The second-order valence-corrected chi connectivity index (χ2v) is 8.18. The molecule has 3 aliphatic rings. The molecule has 4 amide bonds. The number of rotatable bonds is 3. The molecule has 5 rings (SSSR count). The van der Waals surface area contributed by atoms with Crippen molar-refractivity contribution in [2.75, 3.05) is 0 Å². The van der Waals surface area contributed by atoms with Crippen LogP contribution in [-0.4, -0.2) is 33.6 Å². The highest BCUT2D eigenvalue weighted by molar-refractivity contribution is 6.04. The minimum atomic E-state index is -1.01. The van der Waals surface area contributed by atoms with Crippen molar-refractivity contribution in [3.05, 3.63) is 76.5 Å². The lowest BCUT2D eigenvalue weighted by molar-refractivity contribution is -0.163. The van der Waals surface area contributed by atoms with Gasteiger partial charge in [-0.25, -0.2) is 5.01 Å². The summed E-state index contributed by atoms with van der Waals surface area (Å²) in [4.78, 5) is 49.9. The van der Waals surface area contributed by atoms with Gasteiger partial charge in [0, 0.05) is 36.5 Å². The van der Waals surface area contributed by atoms with Gasteiger partial charge in [-0.3, -0.25) is 19.2 Å². The van der Waals surface area contributed by atoms with Crippen LogP contribution in [-0.2, 0) is 26.6 Å². The molecule has 2 aromatic carbocycles. The van der Waals surface area contributed by atoms with Crippen molar-refractivity contribution < 1.29 is 19.2 Å². The Morgan fingerprint density at radius 3 is 2.56 bits per heavy atom. The molecule has 2 N–H and O–H groups in total. The zero-order valence-corrected chi connectivity index (χ0v) is 17.6. The third-order valence-corrected chi connectivity index (χ3v) is 6.11. The Bertz CT molecular complexity index is 1190. The van der Waals surface area contributed by atoms with Crippen molar-refractivity contribution in [1.82, 2.24) is 20.7 Å². The standard InChI is InChI=1S/C24H22N4O4/c1-15(29)26-24(20-6-3-2-5-16(20)11-12-25-24)18-9-10-19-17(13-18)14-27(23(19)32)28-21(30)7-4-8-22(28)31/h2-3,5-6,9-13,25H,4,7-8,14H2,1H3,(H,26,29). The highest BCUT2D eigenvalue weighted by Gasteiger charge is 2.42. The van der Waals surface area contributed by atoms with Crippen molar-refractivity contribution in [2.45, 2.75) is 38.4 Å². The monoisotopic (exact) mass is 430 g/mol. The van der Waals surface area contributed by atoms with E-state index in [0.717, 1.165) is 21.7 Å². The maximum Gasteiger partial charge on any atom is 0.273 e. The van der Waals surface area contributed by atoms with Crippen molar-refractivity contribution in [3.63, 3.8) is 0 Å². The Morgan fingerprint density at radius 1 is 1.06 bits per heavy atom. The minimum Gasteiger partial charge on any atom is -0.361 e. The third-order valence-electron chi connectivity index (χ3n) is 6.11. The van der Waals surface area contributed by atoms with Crippen LogP contribution in [0.4, 0.5) is 0 Å². The SMILES string of the molecule is CC(=O)NC1(c2ccc3c(c2)CN(N2C(=O)CCCC2=O)C3=O)NC=Cc2ccccc21. The van der Waals surface area contributed by atoms with Gasteiger partial charge in [0.05, 0.1) is 6.54 Å². The molecule has 1 unspecified atom stereocenters. The van der Waals surface area contributed by atoms with Gasteiger partial charge in [0.25, 0.3) is 5.91 Å². The molecule has 0 aliphatic carbocycles. The smallest absolute Gasteiger partial charge is 0.273 e. The molecule has 0 radical (unpaired) electrons. The molecule has 1 saturated heterocycles. The van der Waals surface area contributed by atoms with E-state index >= 15 is 0 Å². The van der Waals surface area contributed by atoms with E-state index in [0.29, 0.717) is 17.5 Å². The third kappa shape index (κ3) is 2.98. The normalized spacial score (nSPS) is 21.8. The fraction of sp³-hybridized carbons (Fsp3) is 0.250. The molecule has 0 spiro atoms. The summed E-state index contributed by atoms with van der Waals surface area (Å²) in [6.45, 7) is 1.57. The molecule has 3 heterocycles. The van der Waals surface area contributed by atoms with Crippen LogP contribution in [0.5, 0.6) is 0 Å². The molecule has 3 aliphatic heterocycles. The first-order valence-corrected chi connectivity index (χ1v) is 10.5. The largest absolute Gasteiger partial charge is 0.361 e. The topological polar surface area (TPSA) is 98.8 Å². The number of imide groups is 1. The summed E-state index contributed by atoms with van der Waals surface area (Å²) in [6.07, 6.45) is 4.71. The first-order chi connectivity index (χ1) is 15.4. The van der Waals surface area contributed by atoms with E-state index in [-0.39, 0.29) is 43.0 Å². The van der Waals surface area contributed by atoms with Crippen LogP contribution in [0.3, 0.4) is 0 Å². The summed E-state index contributed by atoms with van der Waals surface area (Å²) >= 11 is 0. The number of fused-ring (bicyclic) bond motifs is 2. The minimum absolute atomic E-state index is 0.118. The average molecular weight is 430 g/mol. The van der Waals surface area contributed by atoms with Crippen LogP contribution >= 0.6 is 0 Å². The maximum atomic E-state index is 13.0. The van der Waals surface area contributed by atoms with Crippen LogP contribution in [0.2, 0.25) is 0 Å². The zero-order chi connectivity index (χ0) is 22.5. The molecule has 1 atom stereocenters. The molecular formula is C24H22N4O4. The fourth-order valence-corrected chi connectivity index (χ4v) is 4.71. The summed E-state index contributed by atoms with van der Waals surface area (Å²) in [5.74, 6) is -1.30. The van der Waals surface area contributed by atoms with Gasteiger partial charge in [0.2, 0.25) is 17.7 Å². The van der Waals surface area contributed by atoms with Gasteiger partial charge in [-0.15, -0.1) is 0 Å². The molecule has 8 heteroatoms. The van der Waals surface area contributed by atoms with Crippen LogP contribution in [0.25, 0.3) is 6.08 Å². The van der Waals surface area contributed by atoms with Crippen LogP contribution < -0.4 is 10.6 Å². The first-order valence-electron chi connectivity index (χ1n) is 10.5. The molecule has 8 nitrogen and oxygen atoms in total. The fourth-order valence-electron chi connectivity index (χ4n) is 4.71. The van der Waals surface area contributed by atoms with Gasteiger partial charge >= 0.3 is 0 Å². The van der Waals surface area contributed by atoms with E-state index < -0.39 is 5.66 Å². The van der Waals surface area contributed by atoms with Crippen LogP contribution in [0.15, 0.2) is 48.7 Å². The van der Waals surface area contributed by atoms with Gasteiger partial charge in [-0.2, -0.15) is 5.01 Å². The van der Waals surface area contributed by atoms with Crippen molar-refractivity contribution in [3.8, 4) is 0 Å². The van der Waals surface area contributed by atoms with E-state index in [1.165, 1.54) is 11.9 Å². The number of hydrazine groups is 1. The number of hydrogen-bond acceptors (Lipinski definition) is 5. The summed E-state index contributed by atoms with van der Waals surface area (Å²) in [5, 5.41) is 8.56. The number of piperidine rings is 1. The average Bonchev–Trinajstić information content (AvgIpc) is 3.09. The molecule has 0 aromatic heterocycles. The number of nitrogens with one attached hydrogen (secondary N) is 2. The second kappa shape index (κ2) is 7.33. The number of amides is 4. The van der Waals surface area contributed by atoms with E-state index in [9.17, 15) is 19.2 Å². The molecule has 0 bridgehead atoms. The van der Waals surface area contributed by atoms with Gasteiger partial charge < -0.3 is 10.6 Å². The van der Waals surface area contributed by atoms with Crippen molar-refractivity contribution in [1.29, 1.82) is 0 Å². The summed E-state index contributed by atoms with van der Waals surface area (Å²) < 4.78 is 0. The number of hydrogen-bond donors (Lipinski definition) is 2. The molecule has 1 fully saturated rings. The first kappa shape index (κ1) is 20.0. The van der Waals surface area contributed by atoms with Crippen LogP contribution in [0, 0.1) is 0 Å². The Morgan fingerprint density at radius 2 is 1.81 bits per heavy atom. The van der Waals surface area contributed by atoms with Crippen LogP contribution in [0.1, 0.15) is 58.8 Å². The summed E-state index contributed by atoms with van der Waals surface area (Å²) in [7, 11) is 0. The summed E-state index contributed by atoms with van der Waals surface area (Å²) in [6, 6.07) is 13.1. The van der Waals surface area contributed by atoms with Crippen molar-refractivity contribution >= 4 is 29.7 Å². The molecular weight excluding hydrogens is 408 g/mol. The van der Waals surface area contributed by atoms with E-state index in [4.69, 9.17) is 0 Å². The Balaban J connectivity index is 1.57. The molecule has 32 heavy (non-hydrogen) atoms. The second-order valence-electron chi connectivity index (χ2n) is 8.18. The van der Waals surface area contributed by atoms with E-state index in [2.05, 4.69) is 10.6 Å². The predicted octanol–water partition coefficient (Wildman–Crippen LogP) is 2.01. The molecule has 162 valence electrons. The predicted molar refractivity (Wildman–Crippen MR) is 115 cm³/mol. The lowest BCUT2D eigenvalue weighted by atomic mass is 9.84. The lowest BCUT2D eigenvalue weighted by Gasteiger charge is -2.39. The Labute approximate surface area is 184 Å². The maximum absolute atomic E-state index is 13.0. The van der Waals surface area contributed by atoms with Crippen molar-refractivity contribution in [2.24, 2.45) is 0 Å². The highest BCUT2D eigenvalue weighted by atomic mass is 16.2. The number of carbonyl (C=O) groups excluding carboxylic acids is 4. The van der Waals surface area contributed by atoms with E-state index in [1.54, 1.807) is 18.3 Å². The van der Waals surface area contributed by atoms with Gasteiger partial charge in [0.15, 0.2) is 5.66 Å². The zero-order valence-electron chi connectivity index (χ0n) is 17.6. The lowest BCUT2D eigenvalue weighted by Crippen LogP contribution is -2.56. The number of carbonyl (C=O) groups is 4. The summed E-state index contributed by atoms with van der Waals surface area (Å²) in [5.41, 5.74) is 2.70. The Hall–Kier alpha value is -3.94. The number of benzene rings is 2. The Kier molecular flexibility index (Phi) is 4.58. The van der Waals surface area contributed by atoms with Gasteiger partial charge in [-0.05, 0) is 42.0 Å². The quantitative estimate of drug-likeness (QED) is 0.726. The van der Waals surface area contributed by atoms with Gasteiger partial charge in [-0.1, -0.05) is 30.3 Å². The van der Waals surface area contributed by atoms with E-state index in [1.807, 2.05) is 36.4 Å². The molecule has 0 saturated carbocycles. The number of nitrogens with zero attached hydrogens (tertiary/aromatic N) is 2. The van der Waals surface area contributed by atoms with Gasteiger partial charge in [0.1, 0.15) is 0 Å². The highest BCUT2D eigenvalue weighted by Crippen LogP contribution is 2.36.